The maximum Gasteiger partial charge on any atom is 0.248 e. The van der Waals surface area contributed by atoms with Crippen LogP contribution in [0.3, 0.4) is 0 Å². The second-order valence-electron chi connectivity index (χ2n) is 7.83. The molecule has 8 heteroatoms. The summed E-state index contributed by atoms with van der Waals surface area (Å²) < 4.78 is 29.7. The highest BCUT2D eigenvalue weighted by Crippen LogP contribution is 2.26. The van der Waals surface area contributed by atoms with Gasteiger partial charge in [0, 0.05) is 43.2 Å². The van der Waals surface area contributed by atoms with Crippen LogP contribution in [0.2, 0.25) is 0 Å². The summed E-state index contributed by atoms with van der Waals surface area (Å²) in [6, 6.07) is 5.02. The van der Waals surface area contributed by atoms with Crippen LogP contribution in [0.4, 0.5) is 5.69 Å². The normalized spacial score (nSPS) is 16.0. The summed E-state index contributed by atoms with van der Waals surface area (Å²) in [5.41, 5.74) is 3.86. The molecule has 0 unspecified atom stereocenters. The van der Waals surface area contributed by atoms with Crippen LogP contribution in [0, 0.1) is 20.8 Å². The SMILES string of the molecule is Cc1ccc(NC(=O)/C=C/c2c(C)nn(C)c2C)cc1S(=O)(=O)N1CCCCCC1. The summed E-state index contributed by atoms with van der Waals surface area (Å²) in [4.78, 5) is 12.7. The van der Waals surface area contributed by atoms with E-state index in [9.17, 15) is 13.2 Å². The number of anilines is 1. The van der Waals surface area contributed by atoms with Crippen molar-refractivity contribution in [2.45, 2.75) is 51.3 Å². The molecule has 2 aromatic rings. The van der Waals surface area contributed by atoms with Crippen LogP contribution in [0.1, 0.15) is 48.2 Å². The summed E-state index contributed by atoms with van der Waals surface area (Å²) in [5, 5.41) is 7.11. The Labute approximate surface area is 178 Å². The lowest BCUT2D eigenvalue weighted by Gasteiger charge is -2.21. The summed E-state index contributed by atoms with van der Waals surface area (Å²) in [6.07, 6.45) is 7.06. The minimum Gasteiger partial charge on any atom is -0.322 e. The first-order chi connectivity index (χ1) is 14.2. The minimum atomic E-state index is -3.59. The van der Waals surface area contributed by atoms with Crippen LogP contribution >= 0.6 is 0 Å². The van der Waals surface area contributed by atoms with Gasteiger partial charge in [0.25, 0.3) is 0 Å². The Morgan fingerprint density at radius 2 is 1.77 bits per heavy atom. The summed E-state index contributed by atoms with van der Waals surface area (Å²) >= 11 is 0. The molecule has 7 nitrogen and oxygen atoms in total. The molecule has 0 bridgehead atoms. The van der Waals surface area contributed by atoms with Gasteiger partial charge in [-0.2, -0.15) is 9.40 Å². The van der Waals surface area contributed by atoms with Gasteiger partial charge in [-0.25, -0.2) is 8.42 Å². The maximum absolute atomic E-state index is 13.2. The zero-order valence-electron chi connectivity index (χ0n) is 18.1. The Bertz CT molecular complexity index is 1060. The standard InChI is InChI=1S/C22H30N4O3S/c1-16-9-10-19(15-21(16)30(28,29)26-13-7-5-6-8-14-26)23-22(27)12-11-20-17(2)24-25(4)18(20)3/h9-12,15H,5-8,13-14H2,1-4H3,(H,23,27)/b12-11+. The van der Waals surface area contributed by atoms with Gasteiger partial charge in [0.15, 0.2) is 0 Å². The topological polar surface area (TPSA) is 84.3 Å². The van der Waals surface area contributed by atoms with E-state index in [1.807, 2.05) is 20.9 Å². The molecule has 1 aliphatic heterocycles. The number of aromatic nitrogens is 2. The van der Waals surface area contributed by atoms with Crippen LogP contribution < -0.4 is 5.32 Å². The largest absolute Gasteiger partial charge is 0.322 e. The van der Waals surface area contributed by atoms with Crippen molar-refractivity contribution in [2.75, 3.05) is 18.4 Å². The summed E-state index contributed by atoms with van der Waals surface area (Å²) in [7, 11) is -1.73. The summed E-state index contributed by atoms with van der Waals surface area (Å²) in [5.74, 6) is -0.320. The number of hydrogen-bond donors (Lipinski definition) is 1. The number of nitrogens with one attached hydrogen (secondary N) is 1. The lowest BCUT2D eigenvalue weighted by molar-refractivity contribution is -0.111. The third-order valence-electron chi connectivity index (χ3n) is 5.60. The van der Waals surface area contributed by atoms with Gasteiger partial charge < -0.3 is 5.32 Å². The fraction of sp³-hybridized carbons (Fsp3) is 0.455. The molecule has 1 N–H and O–H groups in total. The molecular formula is C22H30N4O3S. The fourth-order valence-corrected chi connectivity index (χ4v) is 5.52. The van der Waals surface area contributed by atoms with E-state index in [1.165, 1.54) is 6.08 Å². The second kappa shape index (κ2) is 9.14. The first-order valence-electron chi connectivity index (χ1n) is 10.3. The average Bonchev–Trinajstić information content (AvgIpc) is 2.89. The quantitative estimate of drug-likeness (QED) is 0.735. The van der Waals surface area contributed by atoms with Gasteiger partial charge in [-0.1, -0.05) is 18.9 Å². The first-order valence-corrected chi connectivity index (χ1v) is 11.7. The van der Waals surface area contributed by atoms with E-state index in [0.29, 0.717) is 24.3 Å². The number of carbonyl (C=O) groups is 1. The maximum atomic E-state index is 13.2. The highest BCUT2D eigenvalue weighted by molar-refractivity contribution is 7.89. The minimum absolute atomic E-state index is 0.255. The number of nitrogens with zero attached hydrogens (tertiary/aromatic N) is 3. The number of hydrogen-bond acceptors (Lipinski definition) is 4. The van der Waals surface area contributed by atoms with Crippen LogP contribution in [-0.4, -0.2) is 41.5 Å². The monoisotopic (exact) mass is 430 g/mol. The van der Waals surface area contributed by atoms with Crippen molar-refractivity contribution in [1.82, 2.24) is 14.1 Å². The molecule has 1 saturated heterocycles. The van der Waals surface area contributed by atoms with E-state index in [1.54, 1.807) is 40.2 Å². The van der Waals surface area contributed by atoms with Gasteiger partial charge >= 0.3 is 0 Å². The second-order valence-corrected chi connectivity index (χ2v) is 9.74. The van der Waals surface area contributed by atoms with E-state index >= 15 is 0 Å². The van der Waals surface area contributed by atoms with E-state index in [-0.39, 0.29) is 10.8 Å². The van der Waals surface area contributed by atoms with Crippen molar-refractivity contribution < 1.29 is 13.2 Å². The van der Waals surface area contributed by atoms with Gasteiger partial charge in [0.1, 0.15) is 0 Å². The molecule has 0 atom stereocenters. The Kier molecular flexibility index (Phi) is 6.77. The van der Waals surface area contributed by atoms with E-state index in [2.05, 4.69) is 10.4 Å². The molecule has 1 amide bonds. The molecule has 162 valence electrons. The Balaban J connectivity index is 1.79. The molecule has 3 rings (SSSR count). The molecule has 1 aliphatic rings. The highest BCUT2D eigenvalue weighted by Gasteiger charge is 2.27. The predicted molar refractivity (Wildman–Crippen MR) is 119 cm³/mol. The third kappa shape index (κ3) is 4.82. The van der Waals surface area contributed by atoms with Crippen LogP contribution in [-0.2, 0) is 21.9 Å². The Morgan fingerprint density at radius 3 is 2.37 bits per heavy atom. The molecule has 1 aromatic carbocycles. The number of benzene rings is 1. The van der Waals surface area contributed by atoms with Gasteiger partial charge in [0.2, 0.25) is 15.9 Å². The molecular weight excluding hydrogens is 400 g/mol. The van der Waals surface area contributed by atoms with Crippen molar-refractivity contribution in [2.24, 2.45) is 7.05 Å². The highest BCUT2D eigenvalue weighted by atomic mass is 32.2. The molecule has 0 radical (unpaired) electrons. The molecule has 30 heavy (non-hydrogen) atoms. The number of amides is 1. The van der Waals surface area contributed by atoms with Crippen molar-refractivity contribution >= 4 is 27.7 Å². The van der Waals surface area contributed by atoms with Crippen LogP contribution in [0.5, 0.6) is 0 Å². The zero-order valence-corrected chi connectivity index (χ0v) is 18.9. The smallest absolute Gasteiger partial charge is 0.248 e. The predicted octanol–water partition coefficient (Wildman–Crippen LogP) is 3.56. The van der Waals surface area contributed by atoms with Crippen molar-refractivity contribution in [3.05, 3.63) is 46.8 Å². The van der Waals surface area contributed by atoms with Gasteiger partial charge in [0.05, 0.1) is 10.6 Å². The van der Waals surface area contributed by atoms with Gasteiger partial charge in [-0.3, -0.25) is 9.48 Å². The zero-order chi connectivity index (χ0) is 21.9. The molecule has 0 aliphatic carbocycles. The molecule has 2 heterocycles. The Hall–Kier alpha value is -2.45. The van der Waals surface area contributed by atoms with Crippen molar-refractivity contribution in [3.63, 3.8) is 0 Å². The van der Waals surface area contributed by atoms with E-state index in [4.69, 9.17) is 0 Å². The third-order valence-corrected chi connectivity index (χ3v) is 7.65. The van der Waals surface area contributed by atoms with Crippen molar-refractivity contribution in [1.29, 1.82) is 0 Å². The van der Waals surface area contributed by atoms with Gasteiger partial charge in [-0.15, -0.1) is 0 Å². The number of sulfonamides is 1. The van der Waals surface area contributed by atoms with Gasteiger partial charge in [-0.05, 0) is 57.4 Å². The Morgan fingerprint density at radius 1 is 1.10 bits per heavy atom. The number of aryl methyl sites for hydroxylation is 3. The summed E-state index contributed by atoms with van der Waals surface area (Å²) in [6.45, 7) is 6.71. The van der Waals surface area contributed by atoms with E-state index < -0.39 is 10.0 Å². The molecule has 0 spiro atoms. The lowest BCUT2D eigenvalue weighted by atomic mass is 10.2. The average molecular weight is 431 g/mol. The van der Waals surface area contributed by atoms with Crippen LogP contribution in [0.15, 0.2) is 29.2 Å². The first kappa shape index (κ1) is 22.2. The van der Waals surface area contributed by atoms with E-state index in [0.717, 1.165) is 42.6 Å². The molecule has 0 saturated carbocycles. The lowest BCUT2D eigenvalue weighted by Crippen LogP contribution is -2.32. The number of carbonyl (C=O) groups excluding carboxylic acids is 1. The molecule has 1 fully saturated rings. The fourth-order valence-electron chi connectivity index (χ4n) is 3.75. The number of rotatable bonds is 5. The molecule has 1 aromatic heterocycles. The van der Waals surface area contributed by atoms with Crippen molar-refractivity contribution in [3.8, 4) is 0 Å². The van der Waals surface area contributed by atoms with Crippen LogP contribution in [0.25, 0.3) is 6.08 Å².